The normalized spacial score (nSPS) is 17.3. The first kappa shape index (κ1) is 17.8. The lowest BCUT2D eigenvalue weighted by Gasteiger charge is -2.32. The van der Waals surface area contributed by atoms with Crippen LogP contribution in [-0.4, -0.2) is 40.3 Å². The average molecular weight is 385 g/mol. The summed E-state index contributed by atoms with van der Waals surface area (Å²) in [5.74, 6) is 0.614. The van der Waals surface area contributed by atoms with Gasteiger partial charge in [-0.2, -0.15) is 5.10 Å². The molecule has 2 aromatic heterocycles. The Balaban J connectivity index is 1.65. The van der Waals surface area contributed by atoms with Crippen LogP contribution in [0.1, 0.15) is 19.8 Å². The van der Waals surface area contributed by atoms with Gasteiger partial charge in [0.25, 0.3) is 0 Å². The molecule has 1 unspecified atom stereocenters. The fourth-order valence-corrected chi connectivity index (χ4v) is 3.66. The summed E-state index contributed by atoms with van der Waals surface area (Å²) in [5, 5.41) is 5.36. The van der Waals surface area contributed by atoms with Gasteiger partial charge in [0.2, 0.25) is 0 Å². The maximum atomic E-state index is 12.2. The summed E-state index contributed by atoms with van der Waals surface area (Å²) in [6.45, 7) is 3.73. The Morgan fingerprint density at radius 2 is 2.15 bits per heavy atom. The van der Waals surface area contributed by atoms with Crippen LogP contribution >= 0.6 is 11.6 Å². The van der Waals surface area contributed by atoms with Crippen molar-refractivity contribution in [1.82, 2.24) is 14.6 Å². The second-order valence-electron chi connectivity index (χ2n) is 6.65. The molecular formula is C20H21ClN4O2. The Morgan fingerprint density at radius 3 is 2.93 bits per heavy atom. The lowest BCUT2D eigenvalue weighted by Crippen LogP contribution is -2.40. The summed E-state index contributed by atoms with van der Waals surface area (Å²) in [5.41, 5.74) is 2.78. The molecule has 1 aromatic carbocycles. The van der Waals surface area contributed by atoms with E-state index < -0.39 is 0 Å². The number of fused-ring (bicyclic) bond motifs is 1. The van der Waals surface area contributed by atoms with E-state index in [2.05, 4.69) is 15.0 Å². The predicted molar refractivity (Wildman–Crippen MR) is 105 cm³/mol. The van der Waals surface area contributed by atoms with E-state index in [0.717, 1.165) is 42.0 Å². The second-order valence-corrected chi connectivity index (χ2v) is 7.09. The number of hydrogen-bond donors (Lipinski definition) is 0. The Hall–Kier alpha value is -2.60. The van der Waals surface area contributed by atoms with E-state index in [9.17, 15) is 4.79 Å². The van der Waals surface area contributed by atoms with Gasteiger partial charge in [-0.25, -0.2) is 9.50 Å². The van der Waals surface area contributed by atoms with E-state index in [1.807, 2.05) is 48.0 Å². The maximum absolute atomic E-state index is 12.2. The molecule has 0 aliphatic carbocycles. The molecule has 1 atom stereocenters. The number of esters is 1. The quantitative estimate of drug-likeness (QED) is 0.640. The second kappa shape index (κ2) is 7.56. The SMILES string of the molecule is CCOC(=O)C1CCCN(c2nccn3nc(-c4ccc(Cl)cc4)cc23)C1. The third-order valence-corrected chi connectivity index (χ3v) is 5.10. The Labute approximate surface area is 162 Å². The zero-order valence-corrected chi connectivity index (χ0v) is 15.9. The zero-order chi connectivity index (χ0) is 18.8. The first-order valence-corrected chi connectivity index (χ1v) is 9.55. The topological polar surface area (TPSA) is 59.7 Å². The van der Waals surface area contributed by atoms with Crippen LogP contribution in [0.15, 0.2) is 42.7 Å². The van der Waals surface area contributed by atoms with Crippen LogP contribution in [0.2, 0.25) is 5.02 Å². The molecule has 0 saturated carbocycles. The summed E-state index contributed by atoms with van der Waals surface area (Å²) < 4.78 is 7.04. The van der Waals surface area contributed by atoms with Gasteiger partial charge in [0.05, 0.1) is 18.2 Å². The van der Waals surface area contributed by atoms with Gasteiger partial charge in [-0.3, -0.25) is 4.79 Å². The van der Waals surface area contributed by atoms with Crippen LogP contribution < -0.4 is 4.90 Å². The van der Waals surface area contributed by atoms with Crippen molar-refractivity contribution in [3.05, 3.63) is 47.7 Å². The van der Waals surface area contributed by atoms with Crippen LogP contribution in [-0.2, 0) is 9.53 Å². The van der Waals surface area contributed by atoms with Crippen molar-refractivity contribution in [3.63, 3.8) is 0 Å². The Bertz CT molecular complexity index is 954. The van der Waals surface area contributed by atoms with Crippen molar-refractivity contribution < 1.29 is 9.53 Å². The van der Waals surface area contributed by atoms with Crippen LogP contribution in [0.5, 0.6) is 0 Å². The van der Waals surface area contributed by atoms with Crippen molar-refractivity contribution in [2.24, 2.45) is 5.92 Å². The van der Waals surface area contributed by atoms with E-state index in [1.54, 1.807) is 6.20 Å². The van der Waals surface area contributed by atoms with E-state index >= 15 is 0 Å². The van der Waals surface area contributed by atoms with Gasteiger partial charge >= 0.3 is 5.97 Å². The molecule has 0 N–H and O–H groups in total. The van der Waals surface area contributed by atoms with E-state index in [0.29, 0.717) is 18.2 Å². The van der Waals surface area contributed by atoms with Crippen molar-refractivity contribution in [2.45, 2.75) is 19.8 Å². The van der Waals surface area contributed by atoms with Crippen LogP contribution in [0.3, 0.4) is 0 Å². The van der Waals surface area contributed by atoms with Crippen molar-refractivity contribution in [3.8, 4) is 11.3 Å². The van der Waals surface area contributed by atoms with Crippen molar-refractivity contribution in [1.29, 1.82) is 0 Å². The van der Waals surface area contributed by atoms with Gasteiger partial charge in [0.15, 0.2) is 5.82 Å². The van der Waals surface area contributed by atoms with Crippen LogP contribution in [0.4, 0.5) is 5.82 Å². The highest BCUT2D eigenvalue weighted by Gasteiger charge is 2.28. The molecule has 4 rings (SSSR count). The molecule has 27 heavy (non-hydrogen) atoms. The molecule has 0 amide bonds. The smallest absolute Gasteiger partial charge is 0.310 e. The summed E-state index contributed by atoms with van der Waals surface area (Å²) in [4.78, 5) is 18.9. The number of piperidine rings is 1. The standard InChI is InChI=1S/C20H21ClN4O2/c1-2-27-20(26)15-4-3-10-24(13-15)19-18-12-17(23-25(18)11-9-22-19)14-5-7-16(21)8-6-14/h5-9,11-12,15H,2-4,10,13H2,1H3. The molecule has 1 fully saturated rings. The number of halogens is 1. The highest BCUT2D eigenvalue weighted by molar-refractivity contribution is 6.30. The number of rotatable bonds is 4. The molecule has 1 aliphatic rings. The molecule has 3 heterocycles. The monoisotopic (exact) mass is 384 g/mol. The zero-order valence-electron chi connectivity index (χ0n) is 15.1. The number of anilines is 1. The minimum Gasteiger partial charge on any atom is -0.466 e. The van der Waals surface area contributed by atoms with Gasteiger partial charge in [-0.1, -0.05) is 23.7 Å². The van der Waals surface area contributed by atoms with Gasteiger partial charge in [-0.15, -0.1) is 0 Å². The molecule has 7 heteroatoms. The molecule has 0 radical (unpaired) electrons. The third kappa shape index (κ3) is 3.62. The van der Waals surface area contributed by atoms with Gasteiger partial charge in [0.1, 0.15) is 5.52 Å². The first-order valence-electron chi connectivity index (χ1n) is 9.17. The fourth-order valence-electron chi connectivity index (χ4n) is 3.54. The minimum atomic E-state index is -0.121. The number of ether oxygens (including phenoxy) is 1. The Morgan fingerprint density at radius 1 is 1.33 bits per heavy atom. The van der Waals surface area contributed by atoms with Crippen LogP contribution in [0.25, 0.3) is 16.8 Å². The predicted octanol–water partition coefficient (Wildman–Crippen LogP) is 3.83. The first-order chi connectivity index (χ1) is 13.2. The van der Waals surface area contributed by atoms with Crippen molar-refractivity contribution >= 4 is 28.9 Å². The summed E-state index contributed by atoms with van der Waals surface area (Å²) in [7, 11) is 0. The fraction of sp³-hybridized carbons (Fsp3) is 0.350. The number of hydrogen-bond acceptors (Lipinski definition) is 5. The van der Waals surface area contributed by atoms with E-state index in [-0.39, 0.29) is 11.9 Å². The number of nitrogens with zero attached hydrogens (tertiary/aromatic N) is 4. The van der Waals surface area contributed by atoms with Gasteiger partial charge < -0.3 is 9.64 Å². The molecule has 0 bridgehead atoms. The molecule has 140 valence electrons. The summed E-state index contributed by atoms with van der Waals surface area (Å²) in [6.07, 6.45) is 5.37. The van der Waals surface area contributed by atoms with E-state index in [4.69, 9.17) is 16.3 Å². The molecule has 3 aromatic rings. The molecule has 6 nitrogen and oxygen atoms in total. The molecule has 0 spiro atoms. The molecule has 1 saturated heterocycles. The molecule has 1 aliphatic heterocycles. The lowest BCUT2D eigenvalue weighted by molar-refractivity contribution is -0.148. The minimum absolute atomic E-state index is 0.112. The third-order valence-electron chi connectivity index (χ3n) is 4.85. The summed E-state index contributed by atoms with van der Waals surface area (Å²) >= 11 is 5.99. The Kier molecular flexibility index (Phi) is 4.99. The average Bonchev–Trinajstić information content (AvgIpc) is 3.13. The largest absolute Gasteiger partial charge is 0.466 e. The maximum Gasteiger partial charge on any atom is 0.310 e. The van der Waals surface area contributed by atoms with Gasteiger partial charge in [-0.05, 0) is 38.0 Å². The van der Waals surface area contributed by atoms with E-state index in [1.165, 1.54) is 0 Å². The number of carbonyl (C=O) groups is 1. The van der Waals surface area contributed by atoms with Crippen molar-refractivity contribution in [2.75, 3.05) is 24.6 Å². The lowest BCUT2D eigenvalue weighted by atomic mass is 9.98. The van der Waals surface area contributed by atoms with Crippen LogP contribution in [0, 0.1) is 5.92 Å². The number of aromatic nitrogens is 3. The number of benzene rings is 1. The number of carbonyl (C=O) groups excluding carboxylic acids is 1. The highest BCUT2D eigenvalue weighted by atomic mass is 35.5. The van der Waals surface area contributed by atoms with Gasteiger partial charge in [0, 0.05) is 36.1 Å². The molecular weight excluding hydrogens is 364 g/mol. The highest BCUT2D eigenvalue weighted by Crippen LogP contribution is 2.29. The summed E-state index contributed by atoms with van der Waals surface area (Å²) in [6, 6.07) is 9.65.